The zero-order valence-electron chi connectivity index (χ0n) is 18.9. The Morgan fingerprint density at radius 3 is 2.48 bits per heavy atom. The lowest BCUT2D eigenvalue weighted by Gasteiger charge is -2.31. The molecule has 0 spiro atoms. The van der Waals surface area contributed by atoms with Crippen molar-refractivity contribution >= 4 is 45.8 Å². The molecule has 1 aromatic carbocycles. The molecule has 1 saturated heterocycles. The third kappa shape index (κ3) is 4.74. The van der Waals surface area contributed by atoms with Gasteiger partial charge in [0.15, 0.2) is 5.17 Å². The highest BCUT2D eigenvalue weighted by Gasteiger charge is 2.39. The first-order chi connectivity index (χ1) is 16.1. The number of rotatable bonds is 5. The summed E-state index contributed by atoms with van der Waals surface area (Å²) in [5, 5.41) is 11.1. The lowest BCUT2D eigenvalue weighted by Crippen LogP contribution is -2.41. The number of thioether (sulfide) groups is 1. The van der Waals surface area contributed by atoms with Crippen LogP contribution in [0.4, 0.5) is 0 Å². The molecule has 7 heteroatoms. The molecule has 0 unspecified atom stereocenters. The molecule has 3 fully saturated rings. The van der Waals surface area contributed by atoms with Gasteiger partial charge in [0.05, 0.1) is 10.9 Å². The van der Waals surface area contributed by atoms with Gasteiger partial charge in [-0.05, 0) is 49.6 Å². The topological polar surface area (TPSA) is 74.9 Å². The minimum absolute atomic E-state index is 0.0523. The molecule has 174 valence electrons. The minimum Gasteiger partial charge on any atom is -0.480 e. The standard InChI is InChI=1S/C26H31N3O3S/c30-24(31)17-28-16-18(21-13-7-8-14-22(21)28)15-23-25(32)29(20-11-5-2-6-12-20)26(33-23)27-19-9-3-1-4-10-19/h7-8,13-16,19-20H,1-6,9-12,17H2,(H,30,31). The number of aromatic nitrogens is 1. The smallest absolute Gasteiger partial charge is 0.323 e. The zero-order chi connectivity index (χ0) is 22.8. The number of carboxylic acid groups (broad SMARTS) is 1. The highest BCUT2D eigenvalue weighted by molar-refractivity contribution is 8.18. The van der Waals surface area contributed by atoms with Crippen molar-refractivity contribution in [3.63, 3.8) is 0 Å². The summed E-state index contributed by atoms with van der Waals surface area (Å²) >= 11 is 1.50. The van der Waals surface area contributed by atoms with E-state index in [4.69, 9.17) is 4.99 Å². The Morgan fingerprint density at radius 2 is 1.76 bits per heavy atom. The van der Waals surface area contributed by atoms with Crippen LogP contribution in [-0.2, 0) is 16.1 Å². The third-order valence-corrected chi connectivity index (χ3v) is 8.05. The number of para-hydroxylation sites is 1. The number of carbonyl (C=O) groups excluding carboxylic acids is 1. The SMILES string of the molecule is O=C(O)Cn1cc(C=C2SC(=NC3CCCCC3)N(C3CCCCC3)C2=O)c2ccccc21. The van der Waals surface area contributed by atoms with Crippen LogP contribution in [0.3, 0.4) is 0 Å². The number of carbonyl (C=O) groups is 2. The van der Waals surface area contributed by atoms with E-state index in [0.29, 0.717) is 10.9 Å². The van der Waals surface area contributed by atoms with Crippen molar-refractivity contribution in [1.29, 1.82) is 0 Å². The average Bonchev–Trinajstić information content (AvgIpc) is 3.32. The van der Waals surface area contributed by atoms with Crippen LogP contribution in [0.2, 0.25) is 0 Å². The minimum atomic E-state index is -0.883. The Bertz CT molecular complexity index is 1110. The second-order valence-electron chi connectivity index (χ2n) is 9.40. The van der Waals surface area contributed by atoms with Crippen LogP contribution in [-0.4, -0.2) is 43.7 Å². The highest BCUT2D eigenvalue weighted by Crippen LogP contribution is 2.39. The predicted octanol–water partition coefficient (Wildman–Crippen LogP) is 5.66. The summed E-state index contributed by atoms with van der Waals surface area (Å²) < 4.78 is 1.74. The van der Waals surface area contributed by atoms with Crippen LogP contribution < -0.4 is 0 Å². The van der Waals surface area contributed by atoms with E-state index >= 15 is 0 Å². The van der Waals surface area contributed by atoms with Gasteiger partial charge < -0.3 is 9.67 Å². The highest BCUT2D eigenvalue weighted by atomic mass is 32.2. The summed E-state index contributed by atoms with van der Waals surface area (Å²) in [4.78, 5) is 32.8. The normalized spacial score (nSPS) is 23.3. The number of fused-ring (bicyclic) bond motifs is 1. The second-order valence-corrected chi connectivity index (χ2v) is 10.4. The van der Waals surface area contributed by atoms with E-state index in [0.717, 1.165) is 60.2 Å². The van der Waals surface area contributed by atoms with Crippen molar-refractivity contribution in [1.82, 2.24) is 9.47 Å². The first-order valence-corrected chi connectivity index (χ1v) is 13.0. The van der Waals surface area contributed by atoms with E-state index in [1.54, 1.807) is 4.57 Å². The largest absolute Gasteiger partial charge is 0.480 e. The molecular weight excluding hydrogens is 434 g/mol. The van der Waals surface area contributed by atoms with E-state index in [1.165, 1.54) is 37.4 Å². The summed E-state index contributed by atoms with van der Waals surface area (Å²) in [5.41, 5.74) is 1.74. The molecule has 1 aliphatic heterocycles. The van der Waals surface area contributed by atoms with E-state index in [9.17, 15) is 14.7 Å². The van der Waals surface area contributed by atoms with Crippen LogP contribution in [0.5, 0.6) is 0 Å². The molecule has 2 saturated carbocycles. The van der Waals surface area contributed by atoms with Crippen LogP contribution in [0.1, 0.15) is 69.8 Å². The number of aliphatic imine (C=N–C) groups is 1. The maximum atomic E-state index is 13.6. The Labute approximate surface area is 198 Å². The number of hydrogen-bond donors (Lipinski definition) is 1. The van der Waals surface area contributed by atoms with Crippen LogP contribution >= 0.6 is 11.8 Å². The summed E-state index contributed by atoms with van der Waals surface area (Å²) in [6.07, 6.45) is 15.4. The molecule has 2 heterocycles. The van der Waals surface area contributed by atoms with E-state index in [2.05, 4.69) is 0 Å². The van der Waals surface area contributed by atoms with Crippen molar-refractivity contribution in [2.75, 3.05) is 0 Å². The summed E-state index contributed by atoms with van der Waals surface area (Å²) in [6.45, 7) is -0.104. The van der Waals surface area contributed by atoms with Gasteiger partial charge in [-0.3, -0.25) is 19.5 Å². The van der Waals surface area contributed by atoms with Gasteiger partial charge in [0.2, 0.25) is 0 Å². The number of nitrogens with zero attached hydrogens (tertiary/aromatic N) is 3. The molecule has 0 radical (unpaired) electrons. The quantitative estimate of drug-likeness (QED) is 0.578. The Balaban J connectivity index is 1.51. The fourth-order valence-electron chi connectivity index (χ4n) is 5.41. The molecule has 1 aromatic heterocycles. The second kappa shape index (κ2) is 9.75. The monoisotopic (exact) mass is 465 g/mol. The third-order valence-electron chi connectivity index (χ3n) is 7.06. The van der Waals surface area contributed by atoms with E-state index in [-0.39, 0.29) is 18.5 Å². The number of amides is 1. The van der Waals surface area contributed by atoms with Gasteiger partial charge in [-0.1, -0.05) is 56.7 Å². The molecule has 3 aliphatic rings. The Kier molecular flexibility index (Phi) is 6.58. The van der Waals surface area contributed by atoms with Gasteiger partial charge in [-0.2, -0.15) is 0 Å². The molecule has 2 aromatic rings. The van der Waals surface area contributed by atoms with Gasteiger partial charge in [-0.25, -0.2) is 0 Å². The van der Waals surface area contributed by atoms with Gasteiger partial charge in [0, 0.05) is 28.7 Å². The van der Waals surface area contributed by atoms with Crippen LogP contribution in [0.25, 0.3) is 17.0 Å². The Hall–Kier alpha value is -2.54. The average molecular weight is 466 g/mol. The zero-order valence-corrected chi connectivity index (χ0v) is 19.7. The number of hydrogen-bond acceptors (Lipinski definition) is 4. The van der Waals surface area contributed by atoms with Crippen molar-refractivity contribution in [3.05, 3.63) is 40.9 Å². The molecule has 33 heavy (non-hydrogen) atoms. The fraction of sp³-hybridized carbons (Fsp3) is 0.500. The first-order valence-electron chi connectivity index (χ1n) is 12.2. The number of amidine groups is 1. The molecule has 1 amide bonds. The lowest BCUT2D eigenvalue weighted by atomic mass is 9.94. The van der Waals surface area contributed by atoms with E-state index in [1.807, 2.05) is 41.4 Å². The maximum absolute atomic E-state index is 13.6. The summed E-state index contributed by atoms with van der Waals surface area (Å²) in [5.74, 6) is -0.830. The van der Waals surface area contributed by atoms with Gasteiger partial charge in [0.1, 0.15) is 6.54 Å². The molecule has 2 aliphatic carbocycles. The number of benzene rings is 1. The molecule has 0 atom stereocenters. The summed E-state index contributed by atoms with van der Waals surface area (Å²) in [7, 11) is 0. The van der Waals surface area contributed by atoms with Crippen LogP contribution in [0, 0.1) is 0 Å². The molecular formula is C26H31N3O3S. The van der Waals surface area contributed by atoms with Crippen molar-refractivity contribution < 1.29 is 14.7 Å². The number of aliphatic carboxylic acids is 1. The molecule has 0 bridgehead atoms. The lowest BCUT2D eigenvalue weighted by molar-refractivity contribution is -0.137. The number of carboxylic acids is 1. The van der Waals surface area contributed by atoms with Crippen molar-refractivity contribution in [3.8, 4) is 0 Å². The first kappa shape index (κ1) is 22.3. The molecule has 6 nitrogen and oxygen atoms in total. The maximum Gasteiger partial charge on any atom is 0.323 e. The predicted molar refractivity (Wildman–Crippen MR) is 133 cm³/mol. The molecule has 1 N–H and O–H groups in total. The summed E-state index contributed by atoms with van der Waals surface area (Å²) in [6, 6.07) is 8.32. The van der Waals surface area contributed by atoms with Gasteiger partial charge in [-0.15, -0.1) is 0 Å². The van der Waals surface area contributed by atoms with Gasteiger partial charge >= 0.3 is 5.97 Å². The fourth-order valence-corrected chi connectivity index (χ4v) is 6.51. The van der Waals surface area contributed by atoms with Crippen molar-refractivity contribution in [2.45, 2.75) is 82.8 Å². The molecule has 5 rings (SSSR count). The van der Waals surface area contributed by atoms with Gasteiger partial charge in [0.25, 0.3) is 5.91 Å². The Morgan fingerprint density at radius 1 is 1.06 bits per heavy atom. The van der Waals surface area contributed by atoms with E-state index < -0.39 is 5.97 Å². The van der Waals surface area contributed by atoms with Crippen molar-refractivity contribution in [2.24, 2.45) is 4.99 Å². The van der Waals surface area contributed by atoms with Crippen LogP contribution in [0.15, 0.2) is 40.4 Å².